The summed E-state index contributed by atoms with van der Waals surface area (Å²) >= 11 is 12.1. The molecule has 0 atom stereocenters. The fraction of sp³-hybridized carbons (Fsp3) is 0.200. The first-order valence-electron chi connectivity index (χ1n) is 8.35. The summed E-state index contributed by atoms with van der Waals surface area (Å²) in [6.07, 6.45) is 4.20. The summed E-state index contributed by atoms with van der Waals surface area (Å²) in [6, 6.07) is 10.1. The van der Waals surface area contributed by atoms with Crippen LogP contribution in [0.5, 0.6) is 5.75 Å². The minimum absolute atomic E-state index is 0.0358. The molecule has 5 nitrogen and oxygen atoms in total. The van der Waals surface area contributed by atoms with E-state index >= 15 is 0 Å². The van der Waals surface area contributed by atoms with E-state index in [0.717, 1.165) is 6.42 Å². The molecule has 0 saturated heterocycles. The molecule has 7 heteroatoms. The van der Waals surface area contributed by atoms with Crippen molar-refractivity contribution >= 4 is 52.5 Å². The highest BCUT2D eigenvalue weighted by molar-refractivity contribution is 6.36. The zero-order valence-corrected chi connectivity index (χ0v) is 16.5. The molecule has 2 N–H and O–H groups in total. The number of hydrogen-bond acceptors (Lipinski definition) is 3. The largest absolute Gasteiger partial charge is 0.495 e. The van der Waals surface area contributed by atoms with Crippen LogP contribution in [0.2, 0.25) is 10.0 Å². The van der Waals surface area contributed by atoms with E-state index < -0.39 is 0 Å². The van der Waals surface area contributed by atoms with Gasteiger partial charge in [-0.1, -0.05) is 30.1 Å². The smallest absolute Gasteiger partial charge is 0.248 e. The van der Waals surface area contributed by atoms with E-state index in [1.54, 1.807) is 42.5 Å². The molecule has 142 valence electrons. The Morgan fingerprint density at radius 1 is 1.07 bits per heavy atom. The monoisotopic (exact) mass is 406 g/mol. The number of hydrogen-bond donors (Lipinski definition) is 2. The predicted octanol–water partition coefficient (Wildman–Crippen LogP) is 5.39. The van der Waals surface area contributed by atoms with Gasteiger partial charge in [-0.25, -0.2) is 0 Å². The Labute approximate surface area is 168 Å². The molecule has 27 heavy (non-hydrogen) atoms. The lowest BCUT2D eigenvalue weighted by molar-refractivity contribution is -0.116. The summed E-state index contributed by atoms with van der Waals surface area (Å²) in [7, 11) is 1.49. The first kappa shape index (κ1) is 20.8. The first-order valence-corrected chi connectivity index (χ1v) is 9.10. The fourth-order valence-electron chi connectivity index (χ4n) is 2.36. The summed E-state index contributed by atoms with van der Waals surface area (Å²) in [5.74, 6) is 0.0829. The van der Waals surface area contributed by atoms with Gasteiger partial charge in [0.25, 0.3) is 0 Å². The SMILES string of the molecule is CCCC(=O)Nc1ccc(NC(=O)C=Cc2cc(Cl)cc(Cl)c2OC)cc1. The van der Waals surface area contributed by atoms with Crippen LogP contribution >= 0.6 is 23.2 Å². The lowest BCUT2D eigenvalue weighted by Crippen LogP contribution is -2.11. The summed E-state index contributed by atoms with van der Waals surface area (Å²) < 4.78 is 5.24. The third kappa shape index (κ3) is 6.31. The minimum Gasteiger partial charge on any atom is -0.495 e. The van der Waals surface area contributed by atoms with Crippen molar-refractivity contribution in [2.75, 3.05) is 17.7 Å². The summed E-state index contributed by atoms with van der Waals surface area (Å²) in [5, 5.41) is 6.34. The second kappa shape index (κ2) is 10.00. The second-order valence-corrected chi connectivity index (χ2v) is 6.55. The van der Waals surface area contributed by atoms with E-state index in [9.17, 15) is 9.59 Å². The molecule has 0 aromatic heterocycles. The zero-order chi connectivity index (χ0) is 19.8. The molecule has 0 bridgehead atoms. The number of nitrogens with one attached hydrogen (secondary N) is 2. The Balaban J connectivity index is 2.02. The van der Waals surface area contributed by atoms with E-state index in [1.165, 1.54) is 13.2 Å². The molecular weight excluding hydrogens is 387 g/mol. The van der Waals surface area contributed by atoms with Crippen molar-refractivity contribution < 1.29 is 14.3 Å². The fourth-order valence-corrected chi connectivity index (χ4v) is 2.94. The van der Waals surface area contributed by atoms with Gasteiger partial charge in [-0.05, 0) is 48.9 Å². The molecule has 0 unspecified atom stereocenters. The van der Waals surface area contributed by atoms with Gasteiger partial charge < -0.3 is 15.4 Å². The molecule has 2 amide bonds. The van der Waals surface area contributed by atoms with Crippen LogP contribution in [-0.2, 0) is 9.59 Å². The summed E-state index contributed by atoms with van der Waals surface area (Å²) in [5.41, 5.74) is 1.88. The number of rotatable bonds is 7. The molecule has 0 radical (unpaired) electrons. The molecule has 2 aromatic rings. The van der Waals surface area contributed by atoms with Crippen LogP contribution in [-0.4, -0.2) is 18.9 Å². The molecule has 0 aliphatic carbocycles. The zero-order valence-electron chi connectivity index (χ0n) is 15.0. The van der Waals surface area contributed by atoms with Crippen molar-refractivity contribution in [2.24, 2.45) is 0 Å². The van der Waals surface area contributed by atoms with E-state index in [4.69, 9.17) is 27.9 Å². The summed E-state index contributed by atoms with van der Waals surface area (Å²) in [6.45, 7) is 1.94. The van der Waals surface area contributed by atoms with Gasteiger partial charge in [0.15, 0.2) is 0 Å². The average Bonchev–Trinajstić information content (AvgIpc) is 2.61. The summed E-state index contributed by atoms with van der Waals surface area (Å²) in [4.78, 5) is 23.7. The van der Waals surface area contributed by atoms with Crippen LogP contribution in [0.4, 0.5) is 11.4 Å². The van der Waals surface area contributed by atoms with Gasteiger partial charge in [-0.3, -0.25) is 9.59 Å². The highest BCUT2D eigenvalue weighted by Gasteiger charge is 2.08. The van der Waals surface area contributed by atoms with Crippen molar-refractivity contribution in [3.63, 3.8) is 0 Å². The Bertz CT molecular complexity index is 849. The Morgan fingerprint density at radius 3 is 2.30 bits per heavy atom. The van der Waals surface area contributed by atoms with Crippen molar-refractivity contribution in [1.29, 1.82) is 0 Å². The third-order valence-corrected chi connectivity index (χ3v) is 4.07. The number of carbonyl (C=O) groups excluding carboxylic acids is 2. The second-order valence-electron chi connectivity index (χ2n) is 5.71. The van der Waals surface area contributed by atoms with Gasteiger partial charge in [0.1, 0.15) is 5.75 Å². The van der Waals surface area contributed by atoms with Crippen LogP contribution in [0.1, 0.15) is 25.3 Å². The van der Waals surface area contributed by atoms with Gasteiger partial charge in [-0.15, -0.1) is 0 Å². The normalized spacial score (nSPS) is 10.7. The molecule has 0 spiro atoms. The Hall–Kier alpha value is -2.50. The maximum absolute atomic E-state index is 12.1. The van der Waals surface area contributed by atoms with Gasteiger partial charge in [0.05, 0.1) is 12.1 Å². The van der Waals surface area contributed by atoms with Crippen LogP contribution in [0.25, 0.3) is 6.08 Å². The van der Waals surface area contributed by atoms with Crippen LogP contribution in [0.15, 0.2) is 42.5 Å². The predicted molar refractivity (Wildman–Crippen MR) is 111 cm³/mol. The topological polar surface area (TPSA) is 67.4 Å². The van der Waals surface area contributed by atoms with Crippen molar-refractivity contribution in [2.45, 2.75) is 19.8 Å². The number of halogens is 2. The number of amides is 2. The van der Waals surface area contributed by atoms with Gasteiger partial charge in [0.2, 0.25) is 11.8 Å². The quantitative estimate of drug-likeness (QED) is 0.605. The maximum Gasteiger partial charge on any atom is 0.248 e. The van der Waals surface area contributed by atoms with Crippen LogP contribution < -0.4 is 15.4 Å². The minimum atomic E-state index is -0.323. The number of methoxy groups -OCH3 is 1. The van der Waals surface area contributed by atoms with Crippen molar-refractivity contribution in [1.82, 2.24) is 0 Å². The number of anilines is 2. The molecular formula is C20H20Cl2N2O3. The molecule has 0 aliphatic heterocycles. The van der Waals surface area contributed by atoms with Crippen LogP contribution in [0.3, 0.4) is 0 Å². The molecule has 0 aliphatic rings. The molecule has 0 heterocycles. The standard InChI is InChI=1S/C20H20Cl2N2O3/c1-3-4-18(25)23-15-6-8-16(9-7-15)24-19(26)10-5-13-11-14(21)12-17(22)20(13)27-2/h5-12H,3-4H2,1-2H3,(H,23,25)(H,24,26). The number of carbonyl (C=O) groups is 2. The van der Waals surface area contributed by atoms with Crippen molar-refractivity contribution in [3.8, 4) is 5.75 Å². The first-order chi connectivity index (χ1) is 12.9. The highest BCUT2D eigenvalue weighted by Crippen LogP contribution is 2.33. The lowest BCUT2D eigenvalue weighted by Gasteiger charge is -2.08. The van der Waals surface area contributed by atoms with Gasteiger partial charge >= 0.3 is 0 Å². The van der Waals surface area contributed by atoms with Gasteiger partial charge in [-0.2, -0.15) is 0 Å². The third-order valence-electron chi connectivity index (χ3n) is 3.57. The lowest BCUT2D eigenvalue weighted by atomic mass is 10.2. The number of ether oxygens (including phenoxy) is 1. The van der Waals surface area contributed by atoms with Crippen molar-refractivity contribution in [3.05, 3.63) is 58.1 Å². The molecule has 2 aromatic carbocycles. The van der Waals surface area contributed by atoms with E-state index in [2.05, 4.69) is 10.6 Å². The van der Waals surface area contributed by atoms with E-state index in [0.29, 0.717) is 39.2 Å². The molecule has 2 rings (SSSR count). The maximum atomic E-state index is 12.1. The van der Waals surface area contributed by atoms with E-state index in [1.807, 2.05) is 6.92 Å². The van der Waals surface area contributed by atoms with Crippen LogP contribution in [0, 0.1) is 0 Å². The highest BCUT2D eigenvalue weighted by atomic mass is 35.5. The Kier molecular flexibility index (Phi) is 7.70. The number of benzene rings is 2. The Morgan fingerprint density at radius 2 is 1.70 bits per heavy atom. The van der Waals surface area contributed by atoms with E-state index in [-0.39, 0.29) is 11.8 Å². The molecule has 0 fully saturated rings. The average molecular weight is 407 g/mol. The van der Waals surface area contributed by atoms with Gasteiger partial charge in [0, 0.05) is 34.5 Å². The molecule has 0 saturated carbocycles.